The molecule has 1 aromatic carbocycles. The molecule has 0 amide bonds. The Balaban J connectivity index is 0.00000220. The molecule has 0 saturated carbocycles. The molecule has 1 heterocycles. The highest BCUT2D eigenvalue weighted by Gasteiger charge is 2.47. The molecule has 1 aliphatic heterocycles. The van der Waals surface area contributed by atoms with E-state index in [4.69, 9.17) is 23.2 Å². The minimum absolute atomic E-state index is 0. The monoisotopic (exact) mass is 366 g/mol. The van der Waals surface area contributed by atoms with Gasteiger partial charge in [-0.25, -0.2) is 4.39 Å². The number of piperazine rings is 1. The maximum Gasteiger partial charge on any atom is 0.408 e. The van der Waals surface area contributed by atoms with Crippen LogP contribution < -0.4 is 5.32 Å². The Hall–Kier alpha value is -0.270. The predicted octanol–water partition coefficient (Wildman–Crippen LogP) is 4.06. The molecule has 21 heavy (non-hydrogen) atoms. The predicted molar refractivity (Wildman–Crippen MR) is 76.9 cm³/mol. The fourth-order valence-corrected chi connectivity index (χ4v) is 2.70. The minimum Gasteiger partial charge on any atom is -0.314 e. The molecule has 0 spiro atoms. The lowest BCUT2D eigenvalue weighted by Crippen LogP contribution is -2.49. The Bertz CT molecular complexity index is 490. The highest BCUT2D eigenvalue weighted by Crippen LogP contribution is 2.43. The third-order valence-corrected chi connectivity index (χ3v) is 3.80. The number of benzene rings is 1. The van der Waals surface area contributed by atoms with Crippen molar-refractivity contribution in [2.45, 2.75) is 12.2 Å². The lowest BCUT2D eigenvalue weighted by molar-refractivity contribution is -0.188. The summed E-state index contributed by atoms with van der Waals surface area (Å²) in [7, 11) is 0. The van der Waals surface area contributed by atoms with E-state index < -0.39 is 23.6 Å². The number of nitrogens with one attached hydrogen (secondary N) is 1. The van der Waals surface area contributed by atoms with Gasteiger partial charge in [0, 0.05) is 36.8 Å². The van der Waals surface area contributed by atoms with Crippen LogP contribution in [0.4, 0.5) is 17.6 Å². The first-order valence-corrected chi connectivity index (χ1v) is 6.73. The van der Waals surface area contributed by atoms with E-state index in [1.54, 1.807) is 0 Å². The van der Waals surface area contributed by atoms with E-state index in [1.165, 1.54) is 6.07 Å². The van der Waals surface area contributed by atoms with E-state index in [2.05, 4.69) is 5.32 Å². The third-order valence-electron chi connectivity index (χ3n) is 3.18. The molecule has 0 aliphatic carbocycles. The summed E-state index contributed by atoms with van der Waals surface area (Å²) >= 11 is 11.4. The van der Waals surface area contributed by atoms with Crippen LogP contribution in [0.3, 0.4) is 0 Å². The first-order valence-electron chi connectivity index (χ1n) is 5.97. The summed E-state index contributed by atoms with van der Waals surface area (Å²) < 4.78 is 54.1. The Morgan fingerprint density at radius 3 is 2.14 bits per heavy atom. The number of hydrogen-bond donors (Lipinski definition) is 1. The van der Waals surface area contributed by atoms with E-state index in [9.17, 15) is 17.6 Å². The van der Waals surface area contributed by atoms with Gasteiger partial charge in [0.2, 0.25) is 0 Å². The average molecular weight is 368 g/mol. The van der Waals surface area contributed by atoms with Gasteiger partial charge in [0.05, 0.1) is 5.02 Å². The maximum absolute atomic E-state index is 14.0. The molecule has 1 N–H and O–H groups in total. The van der Waals surface area contributed by atoms with E-state index in [0.29, 0.717) is 13.1 Å². The molecule has 1 aliphatic rings. The van der Waals surface area contributed by atoms with Crippen LogP contribution >= 0.6 is 35.6 Å². The first kappa shape index (κ1) is 18.8. The lowest BCUT2D eigenvalue weighted by Gasteiger charge is -2.36. The van der Waals surface area contributed by atoms with Crippen molar-refractivity contribution in [2.24, 2.45) is 0 Å². The maximum atomic E-state index is 14.0. The SMILES string of the molecule is Cl.Fc1c(Cl)ccc(Cl)c1[C@@H](N1CCNCC1)C(F)(F)F. The molecule has 9 heteroatoms. The average Bonchev–Trinajstić information content (AvgIpc) is 2.39. The topological polar surface area (TPSA) is 15.3 Å². The Labute approximate surface area is 135 Å². The standard InChI is InChI=1S/C12H12Cl2F4N2.ClH/c13-7-1-2-8(14)10(15)9(7)11(12(16,17)18)20-5-3-19-4-6-20;/h1-2,11,19H,3-6H2;1H/t11-;/m1./s1. The molecule has 1 aromatic rings. The van der Waals surface area contributed by atoms with Crippen LogP contribution in [0.5, 0.6) is 0 Å². The van der Waals surface area contributed by atoms with Crippen LogP contribution in [0.2, 0.25) is 10.0 Å². The summed E-state index contributed by atoms with van der Waals surface area (Å²) in [6, 6.07) is 0.243. The van der Waals surface area contributed by atoms with Gasteiger partial charge in [0.25, 0.3) is 0 Å². The number of alkyl halides is 3. The van der Waals surface area contributed by atoms with Gasteiger partial charge in [0.1, 0.15) is 11.9 Å². The van der Waals surface area contributed by atoms with Crippen molar-refractivity contribution < 1.29 is 17.6 Å². The highest BCUT2D eigenvalue weighted by atomic mass is 35.5. The smallest absolute Gasteiger partial charge is 0.314 e. The van der Waals surface area contributed by atoms with Crippen molar-refractivity contribution in [2.75, 3.05) is 26.2 Å². The molecule has 0 bridgehead atoms. The summed E-state index contributed by atoms with van der Waals surface area (Å²) in [5, 5.41) is 2.31. The normalized spacial score (nSPS) is 18.2. The zero-order valence-corrected chi connectivity index (χ0v) is 13.0. The molecular weight excluding hydrogens is 354 g/mol. The van der Waals surface area contributed by atoms with Crippen LogP contribution in [0.15, 0.2) is 12.1 Å². The molecule has 2 nitrogen and oxygen atoms in total. The molecule has 1 fully saturated rings. The molecule has 1 saturated heterocycles. The number of nitrogens with zero attached hydrogens (tertiary/aromatic N) is 1. The molecule has 0 radical (unpaired) electrons. The molecule has 0 unspecified atom stereocenters. The third kappa shape index (κ3) is 4.13. The van der Waals surface area contributed by atoms with Gasteiger partial charge >= 0.3 is 6.18 Å². The quantitative estimate of drug-likeness (QED) is 0.626. The van der Waals surface area contributed by atoms with E-state index in [0.717, 1.165) is 11.0 Å². The van der Waals surface area contributed by atoms with Crippen LogP contribution in [0.1, 0.15) is 11.6 Å². The van der Waals surface area contributed by atoms with Crippen molar-refractivity contribution in [3.63, 3.8) is 0 Å². The lowest BCUT2D eigenvalue weighted by atomic mass is 10.0. The van der Waals surface area contributed by atoms with Gasteiger partial charge in [-0.3, -0.25) is 4.90 Å². The second-order valence-corrected chi connectivity index (χ2v) is 5.30. The van der Waals surface area contributed by atoms with Crippen molar-refractivity contribution in [1.29, 1.82) is 0 Å². The Morgan fingerprint density at radius 1 is 1.10 bits per heavy atom. The Kier molecular flexibility index (Phi) is 6.55. The summed E-state index contributed by atoms with van der Waals surface area (Å²) in [6.45, 7) is 1.14. The molecule has 120 valence electrons. The van der Waals surface area contributed by atoms with Crippen LogP contribution in [0, 0.1) is 5.82 Å². The minimum atomic E-state index is -4.63. The molecule has 1 atom stereocenters. The van der Waals surface area contributed by atoms with Gasteiger partial charge in [-0.15, -0.1) is 12.4 Å². The summed E-state index contributed by atoms with van der Waals surface area (Å²) in [6.07, 6.45) is -4.63. The van der Waals surface area contributed by atoms with Gasteiger partial charge < -0.3 is 5.32 Å². The summed E-state index contributed by atoms with van der Waals surface area (Å²) in [5.41, 5.74) is -0.603. The van der Waals surface area contributed by atoms with E-state index in [-0.39, 0.29) is 35.5 Å². The van der Waals surface area contributed by atoms with Crippen LogP contribution in [0.25, 0.3) is 0 Å². The summed E-state index contributed by atoms with van der Waals surface area (Å²) in [4.78, 5) is 1.16. The van der Waals surface area contributed by atoms with Gasteiger partial charge in [-0.2, -0.15) is 13.2 Å². The van der Waals surface area contributed by atoms with Gasteiger partial charge in [0.15, 0.2) is 0 Å². The van der Waals surface area contributed by atoms with E-state index in [1.807, 2.05) is 0 Å². The molecular formula is C12H13Cl3F4N2. The Morgan fingerprint density at radius 2 is 1.62 bits per heavy atom. The van der Waals surface area contributed by atoms with Crippen molar-refractivity contribution in [3.8, 4) is 0 Å². The number of halogens is 7. The van der Waals surface area contributed by atoms with E-state index >= 15 is 0 Å². The zero-order chi connectivity index (χ0) is 14.9. The highest BCUT2D eigenvalue weighted by molar-refractivity contribution is 6.33. The van der Waals surface area contributed by atoms with Crippen molar-refractivity contribution in [1.82, 2.24) is 10.2 Å². The van der Waals surface area contributed by atoms with Crippen molar-refractivity contribution >= 4 is 35.6 Å². The number of hydrogen-bond acceptors (Lipinski definition) is 2. The van der Waals surface area contributed by atoms with Crippen molar-refractivity contribution in [3.05, 3.63) is 33.6 Å². The summed E-state index contributed by atoms with van der Waals surface area (Å²) in [5.74, 6) is -1.11. The van der Waals surface area contributed by atoms with Crippen LogP contribution in [-0.2, 0) is 0 Å². The molecule has 0 aromatic heterocycles. The number of rotatable bonds is 2. The second kappa shape index (κ2) is 7.33. The second-order valence-electron chi connectivity index (χ2n) is 4.49. The molecule has 2 rings (SSSR count). The first-order chi connectivity index (χ1) is 9.32. The zero-order valence-electron chi connectivity index (χ0n) is 10.7. The fourth-order valence-electron chi connectivity index (χ4n) is 2.29. The van der Waals surface area contributed by atoms with Gasteiger partial charge in [-0.05, 0) is 12.1 Å². The fraction of sp³-hybridized carbons (Fsp3) is 0.500. The van der Waals surface area contributed by atoms with Crippen LogP contribution in [-0.4, -0.2) is 37.3 Å². The largest absolute Gasteiger partial charge is 0.408 e. The van der Waals surface area contributed by atoms with Gasteiger partial charge in [-0.1, -0.05) is 23.2 Å².